The van der Waals surface area contributed by atoms with Gasteiger partial charge in [0.2, 0.25) is 17.7 Å². The molecule has 2 aromatic heterocycles. The van der Waals surface area contributed by atoms with Crippen LogP contribution in [0.3, 0.4) is 0 Å². The van der Waals surface area contributed by atoms with Crippen LogP contribution in [0, 0.1) is 22.7 Å². The van der Waals surface area contributed by atoms with Crippen LogP contribution in [0.4, 0.5) is 46.8 Å². The molecule has 0 atom stereocenters. The zero-order valence-corrected chi connectivity index (χ0v) is 24.3. The summed E-state index contributed by atoms with van der Waals surface area (Å²) in [5.41, 5.74) is -2.97. The van der Waals surface area contributed by atoms with Gasteiger partial charge in [-0.3, -0.25) is 9.59 Å². The van der Waals surface area contributed by atoms with Gasteiger partial charge in [-0.2, -0.15) is 36.6 Å². The Bertz CT molecular complexity index is 1690. The molecule has 18 heteroatoms. The summed E-state index contributed by atoms with van der Waals surface area (Å²) >= 11 is 0. The third-order valence-corrected chi connectivity index (χ3v) is 8.05. The van der Waals surface area contributed by atoms with E-state index in [0.29, 0.717) is 12.8 Å². The van der Waals surface area contributed by atoms with Gasteiger partial charge in [-0.05, 0) is 62.3 Å². The van der Waals surface area contributed by atoms with E-state index < -0.39 is 71.7 Å². The van der Waals surface area contributed by atoms with Crippen LogP contribution >= 0.6 is 0 Å². The summed E-state index contributed by atoms with van der Waals surface area (Å²) in [5, 5.41) is 16.8. The van der Waals surface area contributed by atoms with Gasteiger partial charge < -0.3 is 25.7 Å². The van der Waals surface area contributed by atoms with Crippen molar-refractivity contribution in [3.8, 4) is 11.9 Å². The molecule has 3 aromatic rings. The number of anilines is 2. The normalized spacial score (nSPS) is 19.2. The molecule has 10 nitrogen and oxygen atoms in total. The number of ether oxygens (including phenoxy) is 1. The number of carbonyl (C=O) groups is 2. The van der Waals surface area contributed by atoms with Gasteiger partial charge in [-0.1, -0.05) is 6.07 Å². The Morgan fingerprint density at radius 1 is 1.06 bits per heavy atom. The summed E-state index contributed by atoms with van der Waals surface area (Å²) in [6, 6.07) is 5.48. The van der Waals surface area contributed by atoms with Gasteiger partial charge in [0.25, 0.3) is 12.3 Å². The Hall–Kier alpha value is -4.69. The van der Waals surface area contributed by atoms with Crippen molar-refractivity contribution in [1.82, 2.24) is 25.6 Å². The maximum Gasteiger partial charge on any atom is 0.418 e. The largest absolute Gasteiger partial charge is 0.471 e. The molecule has 47 heavy (non-hydrogen) atoms. The second-order valence-corrected chi connectivity index (χ2v) is 11.4. The number of rotatable bonds is 10. The van der Waals surface area contributed by atoms with Crippen molar-refractivity contribution in [3.63, 3.8) is 0 Å². The summed E-state index contributed by atoms with van der Waals surface area (Å²) < 4.78 is 112. The maximum absolute atomic E-state index is 13.9. The molecule has 2 fully saturated rings. The Kier molecular flexibility index (Phi) is 9.20. The number of alkyl halides is 8. The molecule has 0 unspecified atom stereocenters. The number of aromatic nitrogens is 3. The lowest BCUT2D eigenvalue weighted by molar-refractivity contribution is -0.182. The predicted molar refractivity (Wildman–Crippen MR) is 149 cm³/mol. The van der Waals surface area contributed by atoms with Crippen LogP contribution in [-0.4, -0.2) is 52.0 Å². The van der Waals surface area contributed by atoms with Crippen LogP contribution in [0.15, 0.2) is 24.3 Å². The first kappa shape index (κ1) is 33.7. The molecule has 0 radical (unpaired) electrons. The van der Waals surface area contributed by atoms with E-state index in [0.717, 1.165) is 24.3 Å². The monoisotopic (exact) mass is 673 g/mol. The second-order valence-electron chi connectivity index (χ2n) is 11.4. The highest BCUT2D eigenvalue weighted by molar-refractivity contribution is 5.99. The standard InChI is InChI=1S/C29H27F8N7O3/c30-21(31)12-47-24-17(23(45)40-16-4-2-15(3-5-16)28(32,33)34)10-20-22(43-24)44-26(42-20)41-19-9-14(1-6-18(19)29(35,36)37)11-39-25(46)27(13-38)7-8-27/h1,6,9-10,15-16,21H,2-5,7-8,11-12H2,(H,39,46)(H,40,45)(H2,41,42,43,44)/t15-,16-. The minimum atomic E-state index is -4.81. The van der Waals surface area contributed by atoms with E-state index in [1.54, 1.807) is 0 Å². The van der Waals surface area contributed by atoms with Crippen molar-refractivity contribution in [1.29, 1.82) is 5.26 Å². The third kappa shape index (κ3) is 7.83. The smallest absolute Gasteiger partial charge is 0.418 e. The second kappa shape index (κ2) is 12.8. The third-order valence-electron chi connectivity index (χ3n) is 8.05. The van der Waals surface area contributed by atoms with Gasteiger partial charge in [0.15, 0.2) is 12.3 Å². The molecule has 2 amide bonds. The highest BCUT2D eigenvalue weighted by Gasteiger charge is 2.50. The Morgan fingerprint density at radius 3 is 2.36 bits per heavy atom. The fourth-order valence-corrected chi connectivity index (χ4v) is 5.27. The molecule has 1 aromatic carbocycles. The van der Waals surface area contributed by atoms with Crippen molar-refractivity contribution in [2.75, 3.05) is 11.9 Å². The average Bonchev–Trinajstić information content (AvgIpc) is 3.71. The van der Waals surface area contributed by atoms with E-state index in [-0.39, 0.29) is 60.5 Å². The molecule has 0 bridgehead atoms. The first-order valence-corrected chi connectivity index (χ1v) is 14.4. The van der Waals surface area contributed by atoms with Crippen LogP contribution in [0.2, 0.25) is 0 Å². The molecule has 252 valence electrons. The van der Waals surface area contributed by atoms with Crippen molar-refractivity contribution in [3.05, 3.63) is 41.0 Å². The highest BCUT2D eigenvalue weighted by atomic mass is 19.4. The van der Waals surface area contributed by atoms with E-state index in [2.05, 4.69) is 30.9 Å². The van der Waals surface area contributed by atoms with Crippen LogP contribution in [-0.2, 0) is 17.5 Å². The number of aromatic amines is 1. The average molecular weight is 674 g/mol. The zero-order chi connectivity index (χ0) is 34.1. The molecular weight excluding hydrogens is 646 g/mol. The number of fused-ring (bicyclic) bond motifs is 1. The van der Waals surface area contributed by atoms with E-state index >= 15 is 0 Å². The zero-order valence-electron chi connectivity index (χ0n) is 24.3. The molecule has 2 heterocycles. The molecule has 0 spiro atoms. The molecule has 5 rings (SSSR count). The number of nitrogens with zero attached hydrogens (tertiary/aromatic N) is 3. The molecule has 2 aliphatic rings. The summed E-state index contributed by atoms with van der Waals surface area (Å²) in [7, 11) is 0. The predicted octanol–water partition coefficient (Wildman–Crippen LogP) is 6.14. The number of nitrogens with one attached hydrogen (secondary N) is 4. The van der Waals surface area contributed by atoms with Crippen molar-refractivity contribution in [2.24, 2.45) is 11.3 Å². The van der Waals surface area contributed by atoms with Crippen LogP contribution in [0.25, 0.3) is 11.2 Å². The van der Waals surface area contributed by atoms with Crippen molar-refractivity contribution >= 4 is 34.6 Å². The van der Waals surface area contributed by atoms with E-state index in [1.165, 1.54) is 0 Å². The minimum Gasteiger partial charge on any atom is -0.471 e. The summed E-state index contributed by atoms with van der Waals surface area (Å²) in [6.07, 6.45) is -11.7. The Labute approximate surface area is 261 Å². The SMILES string of the molecule is N#CC1(C(=O)NCc2ccc(C(F)(F)F)c(Nc3nc4cc(C(=O)N[C@H]5CC[C@H](C(F)(F)F)CC5)c(OCC(F)F)nc4[nH]3)c2)CC1. The Morgan fingerprint density at radius 2 is 1.77 bits per heavy atom. The molecule has 0 saturated heterocycles. The number of pyridine rings is 1. The van der Waals surface area contributed by atoms with Crippen LogP contribution in [0.1, 0.15) is 60.0 Å². The van der Waals surface area contributed by atoms with Gasteiger partial charge in [0.05, 0.1) is 23.2 Å². The fraction of sp³-hybridized carbons (Fsp3) is 0.483. The van der Waals surface area contributed by atoms with Crippen LogP contribution < -0.4 is 20.7 Å². The number of halogens is 8. The quantitative estimate of drug-likeness (QED) is 0.190. The molecular formula is C29H27F8N7O3. The van der Waals surface area contributed by atoms with Crippen molar-refractivity contribution in [2.45, 2.75) is 69.9 Å². The molecule has 2 aliphatic carbocycles. The summed E-state index contributed by atoms with van der Waals surface area (Å²) in [4.78, 5) is 36.2. The lowest BCUT2D eigenvalue weighted by Crippen LogP contribution is -2.40. The number of hydrogen-bond donors (Lipinski definition) is 4. The summed E-state index contributed by atoms with van der Waals surface area (Å²) in [5.74, 6) is -3.71. The fourth-order valence-electron chi connectivity index (χ4n) is 5.27. The van der Waals surface area contributed by atoms with Crippen LogP contribution in [0.5, 0.6) is 5.88 Å². The molecule has 2 saturated carbocycles. The number of amides is 2. The maximum atomic E-state index is 13.9. The number of benzene rings is 1. The molecule has 0 aliphatic heterocycles. The van der Waals surface area contributed by atoms with E-state index in [9.17, 15) is 50.0 Å². The van der Waals surface area contributed by atoms with Gasteiger partial charge in [0, 0.05) is 12.6 Å². The van der Waals surface area contributed by atoms with E-state index in [1.807, 2.05) is 6.07 Å². The van der Waals surface area contributed by atoms with Gasteiger partial charge in [0.1, 0.15) is 16.5 Å². The topological polar surface area (TPSA) is 145 Å². The number of nitriles is 1. The van der Waals surface area contributed by atoms with Gasteiger partial charge in [-0.25, -0.2) is 13.8 Å². The first-order chi connectivity index (χ1) is 22.1. The highest BCUT2D eigenvalue weighted by Crippen LogP contribution is 2.45. The Balaban J connectivity index is 1.38. The van der Waals surface area contributed by atoms with Gasteiger partial charge in [-0.15, -0.1) is 0 Å². The summed E-state index contributed by atoms with van der Waals surface area (Å²) in [6.45, 7) is -1.32. The van der Waals surface area contributed by atoms with Gasteiger partial charge >= 0.3 is 12.4 Å². The first-order valence-electron chi connectivity index (χ1n) is 14.4. The number of carbonyl (C=O) groups excluding carboxylic acids is 2. The lowest BCUT2D eigenvalue weighted by atomic mass is 9.85. The number of imidazole rings is 1. The minimum absolute atomic E-state index is 0.0266. The number of hydrogen-bond acceptors (Lipinski definition) is 7. The lowest BCUT2D eigenvalue weighted by Gasteiger charge is -2.30. The van der Waals surface area contributed by atoms with Crippen molar-refractivity contribution < 1.29 is 49.4 Å². The number of H-pyrrole nitrogens is 1. The molecule has 4 N–H and O–H groups in total. The van der Waals surface area contributed by atoms with E-state index in [4.69, 9.17) is 4.74 Å².